The van der Waals surface area contributed by atoms with Crippen LogP contribution in [0.25, 0.3) is 5.76 Å². The lowest BCUT2D eigenvalue weighted by Crippen LogP contribution is -2.29. The number of amides is 1. The van der Waals surface area contributed by atoms with E-state index in [0.29, 0.717) is 28.3 Å². The predicted molar refractivity (Wildman–Crippen MR) is 122 cm³/mol. The van der Waals surface area contributed by atoms with Crippen LogP contribution in [0.15, 0.2) is 78.4 Å². The number of aliphatic hydroxyl groups is 1. The van der Waals surface area contributed by atoms with Crippen molar-refractivity contribution >= 4 is 23.1 Å². The van der Waals surface area contributed by atoms with Crippen LogP contribution in [0.5, 0.6) is 11.5 Å². The fourth-order valence-electron chi connectivity index (χ4n) is 3.89. The van der Waals surface area contributed by atoms with Crippen LogP contribution in [-0.4, -0.2) is 31.0 Å². The van der Waals surface area contributed by atoms with Crippen LogP contribution in [-0.2, 0) is 9.59 Å². The van der Waals surface area contributed by atoms with Crippen molar-refractivity contribution in [3.63, 3.8) is 0 Å². The smallest absolute Gasteiger partial charge is 0.300 e. The van der Waals surface area contributed by atoms with E-state index in [1.165, 1.54) is 19.1 Å². The number of hydrogen-bond donors (Lipinski definition) is 1. The first kappa shape index (κ1) is 21.2. The fraction of sp³-hybridized carbons (Fsp3) is 0.154. The Morgan fingerprint density at radius 3 is 2.16 bits per heavy atom. The quantitative estimate of drug-likeness (QED) is 0.363. The van der Waals surface area contributed by atoms with Gasteiger partial charge in [0.1, 0.15) is 5.76 Å². The van der Waals surface area contributed by atoms with Crippen LogP contribution in [0, 0.1) is 6.92 Å². The zero-order valence-electron chi connectivity index (χ0n) is 18.0. The lowest BCUT2D eigenvalue weighted by atomic mass is 9.94. The normalized spacial score (nSPS) is 17.5. The molecule has 6 heteroatoms. The highest BCUT2D eigenvalue weighted by atomic mass is 16.5. The summed E-state index contributed by atoms with van der Waals surface area (Å²) in [7, 11) is 3.05. The van der Waals surface area contributed by atoms with Crippen molar-refractivity contribution in [3.05, 3.63) is 95.1 Å². The SMILES string of the molecule is COc1ccc([C@@H]2/C(=C(\O)c3ccc(C)cc3)C(=O)C(=O)N2c2ccccc2)cc1OC. The number of rotatable bonds is 5. The van der Waals surface area contributed by atoms with Crippen molar-refractivity contribution in [1.29, 1.82) is 0 Å². The number of para-hydroxylation sites is 1. The maximum Gasteiger partial charge on any atom is 0.300 e. The Balaban J connectivity index is 1.96. The third kappa shape index (κ3) is 3.60. The molecule has 0 aromatic heterocycles. The summed E-state index contributed by atoms with van der Waals surface area (Å²) >= 11 is 0. The van der Waals surface area contributed by atoms with Crippen molar-refractivity contribution in [1.82, 2.24) is 0 Å². The van der Waals surface area contributed by atoms with Gasteiger partial charge in [0.15, 0.2) is 11.5 Å². The van der Waals surface area contributed by atoms with Gasteiger partial charge in [0.25, 0.3) is 11.7 Å². The predicted octanol–water partition coefficient (Wildman–Crippen LogP) is 4.64. The van der Waals surface area contributed by atoms with E-state index in [4.69, 9.17) is 9.47 Å². The molecule has 1 saturated heterocycles. The van der Waals surface area contributed by atoms with Crippen molar-refractivity contribution in [3.8, 4) is 11.5 Å². The summed E-state index contributed by atoms with van der Waals surface area (Å²) in [5.74, 6) is -0.691. The first-order valence-electron chi connectivity index (χ1n) is 10.1. The first-order chi connectivity index (χ1) is 15.5. The molecule has 1 aliphatic heterocycles. The van der Waals surface area contributed by atoms with E-state index in [2.05, 4.69) is 0 Å². The van der Waals surface area contributed by atoms with Crippen LogP contribution in [0.4, 0.5) is 5.69 Å². The molecule has 32 heavy (non-hydrogen) atoms. The van der Waals surface area contributed by atoms with Crippen LogP contribution >= 0.6 is 0 Å². The van der Waals surface area contributed by atoms with Gasteiger partial charge in [0.05, 0.1) is 25.8 Å². The van der Waals surface area contributed by atoms with Crippen molar-refractivity contribution in [2.45, 2.75) is 13.0 Å². The van der Waals surface area contributed by atoms with E-state index >= 15 is 0 Å². The van der Waals surface area contributed by atoms with Crippen molar-refractivity contribution < 1.29 is 24.2 Å². The molecule has 1 fully saturated rings. The van der Waals surface area contributed by atoms with Gasteiger partial charge in [-0.2, -0.15) is 0 Å². The molecule has 4 rings (SSSR count). The monoisotopic (exact) mass is 429 g/mol. The number of hydrogen-bond acceptors (Lipinski definition) is 5. The molecule has 0 radical (unpaired) electrons. The zero-order valence-corrected chi connectivity index (χ0v) is 18.0. The van der Waals surface area contributed by atoms with Crippen molar-refractivity contribution in [2.75, 3.05) is 19.1 Å². The second-order valence-electron chi connectivity index (χ2n) is 7.49. The summed E-state index contributed by atoms with van der Waals surface area (Å²) in [6.07, 6.45) is 0. The number of Topliss-reactive ketones (excluding diaryl/α,β-unsaturated/α-hetero) is 1. The molecule has 0 bridgehead atoms. The van der Waals surface area contributed by atoms with Gasteiger partial charge in [-0.25, -0.2) is 0 Å². The Hall–Kier alpha value is -4.06. The number of carbonyl (C=O) groups excluding carboxylic acids is 2. The highest BCUT2D eigenvalue weighted by molar-refractivity contribution is 6.51. The Kier molecular flexibility index (Phi) is 5.69. The number of aryl methyl sites for hydroxylation is 1. The minimum Gasteiger partial charge on any atom is -0.507 e. The summed E-state index contributed by atoms with van der Waals surface area (Å²) in [5.41, 5.74) is 2.67. The Bertz CT molecular complexity index is 1200. The molecule has 1 atom stereocenters. The highest BCUT2D eigenvalue weighted by Crippen LogP contribution is 2.44. The number of benzene rings is 3. The highest BCUT2D eigenvalue weighted by Gasteiger charge is 2.47. The van der Waals surface area contributed by atoms with Crippen LogP contribution < -0.4 is 14.4 Å². The second-order valence-corrected chi connectivity index (χ2v) is 7.49. The van der Waals surface area contributed by atoms with E-state index in [0.717, 1.165) is 5.56 Å². The maximum absolute atomic E-state index is 13.2. The third-order valence-corrected chi connectivity index (χ3v) is 5.53. The zero-order chi connectivity index (χ0) is 22.8. The maximum atomic E-state index is 13.2. The lowest BCUT2D eigenvalue weighted by molar-refractivity contribution is -0.132. The molecule has 3 aromatic carbocycles. The number of anilines is 1. The molecule has 0 unspecified atom stereocenters. The molecule has 0 spiro atoms. The lowest BCUT2D eigenvalue weighted by Gasteiger charge is -2.26. The van der Waals surface area contributed by atoms with Gasteiger partial charge < -0.3 is 14.6 Å². The summed E-state index contributed by atoms with van der Waals surface area (Å²) in [4.78, 5) is 27.7. The standard InChI is InChI=1S/C26H23NO5/c1-16-9-11-17(12-10-16)24(28)22-23(18-13-14-20(31-2)21(15-18)32-3)27(26(30)25(22)29)19-7-5-4-6-8-19/h4-15,23,28H,1-3H3/b24-22+/t23-/m1/s1. The fourth-order valence-corrected chi connectivity index (χ4v) is 3.89. The van der Waals surface area contributed by atoms with Crippen molar-refractivity contribution in [2.24, 2.45) is 0 Å². The average molecular weight is 429 g/mol. The number of ether oxygens (including phenoxy) is 2. The Morgan fingerprint density at radius 1 is 0.875 bits per heavy atom. The molecule has 0 aliphatic carbocycles. The molecule has 162 valence electrons. The van der Waals surface area contributed by atoms with Crippen LogP contribution in [0.2, 0.25) is 0 Å². The number of nitrogens with zero attached hydrogens (tertiary/aromatic N) is 1. The molecule has 1 aliphatic rings. The van der Waals surface area contributed by atoms with Gasteiger partial charge in [-0.3, -0.25) is 14.5 Å². The van der Waals surface area contributed by atoms with Gasteiger partial charge in [0.2, 0.25) is 0 Å². The molecule has 6 nitrogen and oxygen atoms in total. The summed E-state index contributed by atoms with van der Waals surface area (Å²) in [6, 6.07) is 20.4. The average Bonchev–Trinajstić information content (AvgIpc) is 3.09. The molecular formula is C26H23NO5. The minimum atomic E-state index is -0.835. The van der Waals surface area contributed by atoms with E-state index in [1.807, 2.05) is 25.1 Å². The molecular weight excluding hydrogens is 406 g/mol. The van der Waals surface area contributed by atoms with E-state index in [1.54, 1.807) is 54.6 Å². The number of methoxy groups -OCH3 is 2. The van der Waals surface area contributed by atoms with Crippen LogP contribution in [0.1, 0.15) is 22.7 Å². The molecule has 1 heterocycles. The van der Waals surface area contributed by atoms with Gasteiger partial charge in [-0.1, -0.05) is 54.1 Å². The Morgan fingerprint density at radius 2 is 1.53 bits per heavy atom. The number of ketones is 1. The van der Waals surface area contributed by atoms with Gasteiger partial charge in [0, 0.05) is 11.3 Å². The summed E-state index contributed by atoms with van der Waals surface area (Å²) < 4.78 is 10.8. The van der Waals surface area contributed by atoms with E-state index < -0.39 is 17.7 Å². The first-order valence-corrected chi connectivity index (χ1v) is 10.1. The Labute approximate surface area is 186 Å². The van der Waals surface area contributed by atoms with Crippen LogP contribution in [0.3, 0.4) is 0 Å². The second kappa shape index (κ2) is 8.59. The number of aliphatic hydroxyl groups excluding tert-OH is 1. The summed E-state index contributed by atoms with van der Waals surface area (Å²) in [6.45, 7) is 1.93. The van der Waals surface area contributed by atoms with Gasteiger partial charge in [-0.05, 0) is 36.8 Å². The van der Waals surface area contributed by atoms with E-state index in [-0.39, 0.29) is 11.3 Å². The summed E-state index contributed by atoms with van der Waals surface area (Å²) in [5, 5.41) is 11.1. The van der Waals surface area contributed by atoms with Gasteiger partial charge >= 0.3 is 0 Å². The molecule has 1 N–H and O–H groups in total. The minimum absolute atomic E-state index is 0.0231. The topological polar surface area (TPSA) is 76.1 Å². The molecule has 3 aromatic rings. The molecule has 0 saturated carbocycles. The van der Waals surface area contributed by atoms with E-state index in [9.17, 15) is 14.7 Å². The third-order valence-electron chi connectivity index (χ3n) is 5.53. The molecule has 1 amide bonds. The number of carbonyl (C=O) groups is 2. The van der Waals surface area contributed by atoms with Gasteiger partial charge in [-0.15, -0.1) is 0 Å². The largest absolute Gasteiger partial charge is 0.507 e.